The van der Waals surface area contributed by atoms with Gasteiger partial charge in [-0.3, -0.25) is 14.9 Å². The molecule has 24 heavy (non-hydrogen) atoms. The van der Waals surface area contributed by atoms with E-state index in [0.29, 0.717) is 10.7 Å². The minimum Gasteiger partial charge on any atom is -0.309 e. The zero-order chi connectivity index (χ0) is 17.1. The lowest BCUT2D eigenvalue weighted by Gasteiger charge is -2.29. The molecule has 1 aliphatic carbocycles. The minimum absolute atomic E-state index is 0.0602. The number of hydrogen-bond donors (Lipinski definition) is 1. The van der Waals surface area contributed by atoms with E-state index >= 15 is 0 Å². The van der Waals surface area contributed by atoms with Crippen molar-refractivity contribution in [3.8, 4) is 0 Å². The van der Waals surface area contributed by atoms with E-state index in [2.05, 4.69) is 10.3 Å². The molecule has 1 aliphatic rings. The number of hydrogen-bond acceptors (Lipinski definition) is 4. The summed E-state index contributed by atoms with van der Waals surface area (Å²) in [6.45, 7) is 3.56. The molecule has 0 saturated heterocycles. The van der Waals surface area contributed by atoms with Crippen molar-refractivity contribution in [3.05, 3.63) is 40.9 Å². The lowest BCUT2D eigenvalue weighted by molar-refractivity contribution is -0.117. The first-order valence-corrected chi connectivity index (χ1v) is 9.05. The summed E-state index contributed by atoms with van der Waals surface area (Å²) in [5.74, 6) is -0.125. The maximum atomic E-state index is 12.3. The fraction of sp³-hybridized carbons (Fsp3) is 0.389. The molecule has 0 unspecified atom stereocenters. The number of anilines is 2. The fourth-order valence-corrected chi connectivity index (χ4v) is 3.83. The topological polar surface area (TPSA) is 62.3 Å². The van der Waals surface area contributed by atoms with Crippen LogP contribution in [-0.2, 0) is 4.79 Å². The molecule has 0 bridgehead atoms. The van der Waals surface area contributed by atoms with Crippen molar-refractivity contribution in [2.24, 2.45) is 0 Å². The van der Waals surface area contributed by atoms with Gasteiger partial charge in [0.15, 0.2) is 5.13 Å². The van der Waals surface area contributed by atoms with Gasteiger partial charge in [0.1, 0.15) is 0 Å². The Kier molecular flexibility index (Phi) is 4.94. The van der Waals surface area contributed by atoms with Gasteiger partial charge in [-0.05, 0) is 43.5 Å². The van der Waals surface area contributed by atoms with Crippen molar-refractivity contribution in [3.63, 3.8) is 0 Å². The van der Waals surface area contributed by atoms with E-state index in [4.69, 9.17) is 0 Å². The monoisotopic (exact) mass is 343 g/mol. The highest BCUT2D eigenvalue weighted by molar-refractivity contribution is 7.13. The van der Waals surface area contributed by atoms with E-state index < -0.39 is 0 Å². The quantitative estimate of drug-likeness (QED) is 0.913. The van der Waals surface area contributed by atoms with Crippen LogP contribution in [0.25, 0.3) is 0 Å². The van der Waals surface area contributed by atoms with E-state index in [-0.39, 0.29) is 17.9 Å². The number of rotatable bonds is 4. The van der Waals surface area contributed by atoms with Crippen LogP contribution in [0.2, 0.25) is 0 Å². The van der Waals surface area contributed by atoms with Crippen molar-refractivity contribution in [1.29, 1.82) is 0 Å². The predicted molar refractivity (Wildman–Crippen MR) is 96.7 cm³/mol. The predicted octanol–water partition coefficient (Wildman–Crippen LogP) is 4.00. The number of nitrogens with zero attached hydrogens (tertiary/aromatic N) is 2. The number of aryl methyl sites for hydroxylation is 1. The highest BCUT2D eigenvalue weighted by Gasteiger charge is 2.27. The zero-order valence-electron chi connectivity index (χ0n) is 13.9. The van der Waals surface area contributed by atoms with Crippen molar-refractivity contribution in [1.82, 2.24) is 4.98 Å². The summed E-state index contributed by atoms with van der Waals surface area (Å²) >= 11 is 1.38. The Labute approximate surface area is 145 Å². The third-order valence-corrected chi connectivity index (χ3v) is 5.09. The molecule has 1 aromatic heterocycles. The minimum atomic E-state index is -0.185. The Morgan fingerprint density at radius 1 is 1.29 bits per heavy atom. The number of benzene rings is 1. The molecule has 0 atom stereocenters. The Hall–Kier alpha value is -2.21. The van der Waals surface area contributed by atoms with E-state index in [1.54, 1.807) is 19.2 Å². The molecule has 126 valence electrons. The first-order chi connectivity index (χ1) is 11.6. The second-order valence-electron chi connectivity index (χ2n) is 6.12. The average Bonchev–Trinajstić information content (AvgIpc) is 3.22. The summed E-state index contributed by atoms with van der Waals surface area (Å²) < 4.78 is 0. The van der Waals surface area contributed by atoms with E-state index in [9.17, 15) is 9.59 Å². The molecule has 0 aliphatic heterocycles. The lowest BCUT2D eigenvalue weighted by Crippen LogP contribution is -2.37. The van der Waals surface area contributed by atoms with E-state index in [1.807, 2.05) is 29.3 Å². The Morgan fingerprint density at radius 3 is 2.62 bits per heavy atom. The zero-order valence-corrected chi connectivity index (χ0v) is 14.7. The molecule has 1 heterocycles. The van der Waals surface area contributed by atoms with Gasteiger partial charge in [-0.15, -0.1) is 11.3 Å². The standard InChI is InChI=1S/C18H21N3O2S/c1-12-11-14(17(23)20-18-19-9-10-24-18)7-8-16(12)21(13(2)22)15-5-3-4-6-15/h7-11,15H,3-6H2,1-2H3,(H,19,20,23). The van der Waals surface area contributed by atoms with Gasteiger partial charge < -0.3 is 4.90 Å². The lowest BCUT2D eigenvalue weighted by atomic mass is 10.1. The molecule has 1 saturated carbocycles. The SMILES string of the molecule is CC(=O)N(c1ccc(C(=O)Nc2nccs2)cc1C)C1CCCC1. The first kappa shape index (κ1) is 16.6. The van der Waals surface area contributed by atoms with Crippen LogP contribution in [0.1, 0.15) is 48.5 Å². The highest BCUT2D eigenvalue weighted by Crippen LogP contribution is 2.31. The molecule has 1 N–H and O–H groups in total. The van der Waals surface area contributed by atoms with Crippen LogP contribution in [0, 0.1) is 6.92 Å². The normalized spacial score (nSPS) is 14.6. The van der Waals surface area contributed by atoms with E-state index in [0.717, 1.165) is 24.1 Å². The second-order valence-corrected chi connectivity index (χ2v) is 7.01. The summed E-state index contributed by atoms with van der Waals surface area (Å²) in [7, 11) is 0. The molecule has 0 radical (unpaired) electrons. The maximum Gasteiger partial charge on any atom is 0.257 e. The van der Waals surface area contributed by atoms with Crippen LogP contribution in [0.5, 0.6) is 0 Å². The van der Waals surface area contributed by atoms with Crippen molar-refractivity contribution >= 4 is 34.0 Å². The fourth-order valence-electron chi connectivity index (χ4n) is 3.31. The number of carbonyl (C=O) groups is 2. The molecule has 5 nitrogen and oxygen atoms in total. The Bertz CT molecular complexity index is 737. The van der Waals surface area contributed by atoms with Crippen molar-refractivity contribution in [2.45, 2.75) is 45.6 Å². The van der Waals surface area contributed by atoms with Crippen LogP contribution in [0.15, 0.2) is 29.8 Å². The van der Waals surface area contributed by atoms with Gasteiger partial charge in [0.05, 0.1) is 0 Å². The van der Waals surface area contributed by atoms with Gasteiger partial charge in [0, 0.05) is 35.8 Å². The van der Waals surface area contributed by atoms with Gasteiger partial charge in [-0.2, -0.15) is 0 Å². The smallest absolute Gasteiger partial charge is 0.257 e. The van der Waals surface area contributed by atoms with Gasteiger partial charge in [0.25, 0.3) is 5.91 Å². The molecule has 2 aromatic rings. The summed E-state index contributed by atoms with van der Waals surface area (Å²) in [5, 5.41) is 5.18. The van der Waals surface area contributed by atoms with Crippen molar-refractivity contribution < 1.29 is 9.59 Å². The Morgan fingerprint density at radius 2 is 2.04 bits per heavy atom. The summed E-state index contributed by atoms with van der Waals surface area (Å²) in [6.07, 6.45) is 6.08. The third-order valence-electron chi connectivity index (χ3n) is 4.40. The van der Waals surface area contributed by atoms with Crippen molar-refractivity contribution in [2.75, 3.05) is 10.2 Å². The molecule has 1 fully saturated rings. The van der Waals surface area contributed by atoms with Crippen LogP contribution >= 0.6 is 11.3 Å². The van der Waals surface area contributed by atoms with Gasteiger partial charge in [-0.25, -0.2) is 4.98 Å². The molecule has 3 rings (SSSR count). The third kappa shape index (κ3) is 3.48. The van der Waals surface area contributed by atoms with Crippen LogP contribution in [0.4, 0.5) is 10.8 Å². The second kappa shape index (κ2) is 7.13. The molecule has 1 aromatic carbocycles. The summed E-state index contributed by atoms with van der Waals surface area (Å²) in [5.41, 5.74) is 2.41. The largest absolute Gasteiger partial charge is 0.309 e. The Balaban J connectivity index is 1.83. The number of nitrogens with one attached hydrogen (secondary N) is 1. The summed E-state index contributed by atoms with van der Waals surface area (Å²) in [6, 6.07) is 5.77. The highest BCUT2D eigenvalue weighted by atomic mass is 32.1. The summed E-state index contributed by atoms with van der Waals surface area (Å²) in [4.78, 5) is 30.4. The maximum absolute atomic E-state index is 12.3. The molecule has 6 heteroatoms. The molecular weight excluding hydrogens is 322 g/mol. The van der Waals surface area contributed by atoms with Gasteiger partial charge in [-0.1, -0.05) is 12.8 Å². The average molecular weight is 343 g/mol. The molecule has 2 amide bonds. The van der Waals surface area contributed by atoms with Gasteiger partial charge in [0.2, 0.25) is 5.91 Å². The van der Waals surface area contributed by atoms with Crippen LogP contribution in [0.3, 0.4) is 0 Å². The number of amides is 2. The van der Waals surface area contributed by atoms with Gasteiger partial charge >= 0.3 is 0 Å². The molecular formula is C18H21N3O2S. The van der Waals surface area contributed by atoms with Crippen LogP contribution in [-0.4, -0.2) is 22.8 Å². The van der Waals surface area contributed by atoms with E-state index in [1.165, 1.54) is 24.2 Å². The first-order valence-electron chi connectivity index (χ1n) is 8.17. The number of thiazole rings is 1. The number of aromatic nitrogens is 1. The molecule has 0 spiro atoms. The number of carbonyl (C=O) groups excluding carboxylic acids is 2. The van der Waals surface area contributed by atoms with Crippen LogP contribution < -0.4 is 10.2 Å².